The molecule has 0 spiro atoms. The second kappa shape index (κ2) is 9.82. The number of carbonyl (C=O) groups is 1. The maximum absolute atomic E-state index is 12.3. The van der Waals surface area contributed by atoms with Crippen LogP contribution in [0.3, 0.4) is 0 Å². The normalized spacial score (nSPS) is 27.5. The van der Waals surface area contributed by atoms with Crippen LogP contribution in [0.2, 0.25) is 0 Å². The molecule has 2 aromatic rings. The van der Waals surface area contributed by atoms with Crippen molar-refractivity contribution in [1.29, 1.82) is 0 Å². The number of benzene rings is 2. The third-order valence-electron chi connectivity index (χ3n) is 7.73. The number of nitrogens with one attached hydrogen (secondary N) is 1. The first kappa shape index (κ1) is 23.0. The van der Waals surface area contributed by atoms with E-state index in [0.717, 1.165) is 29.1 Å². The minimum atomic E-state index is -0.765. The second-order valence-electron chi connectivity index (χ2n) is 10.1. The molecule has 4 aliphatic rings. The molecule has 178 valence electrons. The van der Waals surface area contributed by atoms with E-state index in [1.165, 1.54) is 44.1 Å². The van der Waals surface area contributed by atoms with Gasteiger partial charge in [0.05, 0.1) is 6.61 Å². The molecule has 1 unspecified atom stereocenters. The van der Waals surface area contributed by atoms with Crippen LogP contribution >= 0.6 is 0 Å². The molecule has 1 amide bonds. The summed E-state index contributed by atoms with van der Waals surface area (Å²) in [6, 6.07) is 18.1. The van der Waals surface area contributed by atoms with Gasteiger partial charge in [0, 0.05) is 29.8 Å². The molecule has 0 aromatic heterocycles. The lowest BCUT2D eigenvalue weighted by Crippen LogP contribution is -2.48. The van der Waals surface area contributed by atoms with Crippen molar-refractivity contribution in [2.24, 2.45) is 17.8 Å². The van der Waals surface area contributed by atoms with Gasteiger partial charge in [-0.25, -0.2) is 0 Å². The van der Waals surface area contributed by atoms with Crippen molar-refractivity contribution >= 4 is 5.91 Å². The largest absolute Gasteiger partial charge is 0.441 e. The Morgan fingerprint density at radius 1 is 1.06 bits per heavy atom. The number of carbonyl (C=O) groups excluding carboxylic acids is 1. The minimum absolute atomic E-state index is 0.169. The Morgan fingerprint density at radius 3 is 2.35 bits per heavy atom. The predicted molar refractivity (Wildman–Crippen MR) is 130 cm³/mol. The van der Waals surface area contributed by atoms with E-state index in [0.29, 0.717) is 12.2 Å². The van der Waals surface area contributed by atoms with Crippen LogP contribution in [0.1, 0.15) is 66.9 Å². The Morgan fingerprint density at radius 2 is 1.74 bits per heavy atom. The molecule has 0 heterocycles. The molecule has 4 aliphatic carbocycles. The highest BCUT2D eigenvalue weighted by molar-refractivity contribution is 5.95. The fourth-order valence-corrected chi connectivity index (χ4v) is 6.79. The molecule has 0 aliphatic heterocycles. The van der Waals surface area contributed by atoms with Crippen LogP contribution < -0.4 is 10.1 Å². The summed E-state index contributed by atoms with van der Waals surface area (Å²) in [7, 11) is 1.59. The van der Waals surface area contributed by atoms with Crippen molar-refractivity contribution in [2.45, 2.75) is 57.3 Å². The Balaban J connectivity index is 1.42. The van der Waals surface area contributed by atoms with Gasteiger partial charge in [0.15, 0.2) is 0 Å². The lowest BCUT2D eigenvalue weighted by molar-refractivity contribution is -0.231. The number of methoxy groups -OCH3 is 1. The predicted octanol–water partition coefficient (Wildman–Crippen LogP) is 5.24. The standard InChI is InChI=1S/C29H33NO4/c1-3-33-28(32-2)34-26-16-20(11-12-30-27(31)24-7-5-4-6-8-24)9-10-25(26)29-17-21-13-22(18-29)15-23(14-21)19-29/h4-10,16,21-23,28H,3,13-15,17-19H2,1-2H3,(H,30,31). The molecule has 0 radical (unpaired) electrons. The molecule has 5 heteroatoms. The smallest absolute Gasteiger partial charge is 0.315 e. The molecule has 4 fully saturated rings. The molecule has 0 saturated heterocycles. The highest BCUT2D eigenvalue weighted by Crippen LogP contribution is 2.61. The summed E-state index contributed by atoms with van der Waals surface area (Å²) in [6.45, 7) is 1.65. The Bertz CT molecular complexity index is 1050. The minimum Gasteiger partial charge on any atom is -0.441 e. The van der Waals surface area contributed by atoms with Crippen molar-refractivity contribution in [3.05, 3.63) is 65.2 Å². The van der Waals surface area contributed by atoms with E-state index in [4.69, 9.17) is 14.2 Å². The first-order chi connectivity index (χ1) is 16.6. The van der Waals surface area contributed by atoms with Gasteiger partial charge in [0.25, 0.3) is 5.91 Å². The molecular weight excluding hydrogens is 426 g/mol. The van der Waals surface area contributed by atoms with Crippen LogP contribution in [0, 0.1) is 29.7 Å². The van der Waals surface area contributed by atoms with Crippen LogP contribution in [-0.2, 0) is 14.9 Å². The quantitative estimate of drug-likeness (QED) is 0.350. The zero-order valence-corrected chi connectivity index (χ0v) is 20.0. The first-order valence-electron chi connectivity index (χ1n) is 12.4. The summed E-state index contributed by atoms with van der Waals surface area (Å²) in [4.78, 5) is 12.3. The summed E-state index contributed by atoms with van der Waals surface area (Å²) in [6.07, 6.45) is 7.87. The lowest BCUT2D eigenvalue weighted by atomic mass is 9.48. The highest BCUT2D eigenvalue weighted by Gasteiger charge is 2.52. The van der Waals surface area contributed by atoms with E-state index >= 15 is 0 Å². The summed E-state index contributed by atoms with van der Waals surface area (Å²) >= 11 is 0. The second-order valence-corrected chi connectivity index (χ2v) is 10.1. The van der Waals surface area contributed by atoms with E-state index < -0.39 is 6.48 Å². The molecule has 5 nitrogen and oxygen atoms in total. The first-order valence-corrected chi connectivity index (χ1v) is 12.4. The van der Waals surface area contributed by atoms with Crippen LogP contribution in [0.5, 0.6) is 5.75 Å². The van der Waals surface area contributed by atoms with Gasteiger partial charge in [-0.3, -0.25) is 10.1 Å². The molecule has 34 heavy (non-hydrogen) atoms. The van der Waals surface area contributed by atoms with E-state index in [1.807, 2.05) is 37.3 Å². The van der Waals surface area contributed by atoms with Crippen molar-refractivity contribution in [2.75, 3.05) is 13.7 Å². The van der Waals surface area contributed by atoms with Crippen molar-refractivity contribution < 1.29 is 19.0 Å². The summed E-state index contributed by atoms with van der Waals surface area (Å²) in [5.41, 5.74) is 2.79. The molecule has 2 aromatic carbocycles. The zero-order valence-electron chi connectivity index (χ0n) is 20.0. The summed E-state index contributed by atoms with van der Waals surface area (Å²) in [5, 5.41) is 2.67. The average molecular weight is 460 g/mol. The fraction of sp³-hybridized carbons (Fsp3) is 0.483. The van der Waals surface area contributed by atoms with Gasteiger partial charge in [-0.2, -0.15) is 0 Å². The molecule has 4 saturated carbocycles. The Hall–Kier alpha value is -2.81. The number of amides is 1. The number of hydrogen-bond donors (Lipinski definition) is 1. The van der Waals surface area contributed by atoms with Gasteiger partial charge in [-0.15, -0.1) is 0 Å². The van der Waals surface area contributed by atoms with E-state index in [1.54, 1.807) is 19.2 Å². The van der Waals surface area contributed by atoms with E-state index in [2.05, 4.69) is 23.3 Å². The average Bonchev–Trinajstić information content (AvgIpc) is 2.83. The molecule has 6 rings (SSSR count). The van der Waals surface area contributed by atoms with Crippen LogP contribution in [-0.4, -0.2) is 26.1 Å². The Kier molecular flexibility index (Phi) is 6.63. The van der Waals surface area contributed by atoms with Crippen molar-refractivity contribution in [3.8, 4) is 17.7 Å². The van der Waals surface area contributed by atoms with Gasteiger partial charge in [-0.05, 0) is 98.8 Å². The maximum Gasteiger partial charge on any atom is 0.315 e. The number of hydrogen-bond acceptors (Lipinski definition) is 4. The van der Waals surface area contributed by atoms with Crippen LogP contribution in [0.4, 0.5) is 0 Å². The van der Waals surface area contributed by atoms with Gasteiger partial charge in [-0.1, -0.05) is 24.3 Å². The highest BCUT2D eigenvalue weighted by atomic mass is 16.8. The van der Waals surface area contributed by atoms with E-state index in [9.17, 15) is 4.79 Å². The fourth-order valence-electron chi connectivity index (χ4n) is 6.79. The molecule has 1 N–H and O–H groups in total. The summed E-state index contributed by atoms with van der Waals surface area (Å²) < 4.78 is 17.3. The Labute approximate surface area is 202 Å². The maximum atomic E-state index is 12.3. The van der Waals surface area contributed by atoms with Crippen molar-refractivity contribution in [1.82, 2.24) is 5.32 Å². The molecule has 1 atom stereocenters. The van der Waals surface area contributed by atoms with E-state index in [-0.39, 0.29) is 11.3 Å². The monoisotopic (exact) mass is 459 g/mol. The van der Waals surface area contributed by atoms with Gasteiger partial charge in [0.2, 0.25) is 0 Å². The topological polar surface area (TPSA) is 56.8 Å². The molecule has 4 bridgehead atoms. The van der Waals surface area contributed by atoms with Gasteiger partial charge < -0.3 is 14.2 Å². The number of rotatable bonds is 7. The summed E-state index contributed by atoms with van der Waals surface area (Å²) in [5.74, 6) is 6.12. The zero-order chi connectivity index (χ0) is 23.5. The van der Waals surface area contributed by atoms with Crippen molar-refractivity contribution in [3.63, 3.8) is 0 Å². The SMILES string of the molecule is CCOC(OC)Oc1cc(C#CNC(=O)c2ccccc2)ccc1C12CC3CC(CC(C3)C1)C2. The third-order valence-corrected chi connectivity index (χ3v) is 7.73. The van der Waals surface area contributed by atoms with Crippen LogP contribution in [0.25, 0.3) is 0 Å². The third kappa shape index (κ3) is 4.71. The molecular formula is C29H33NO4. The lowest BCUT2D eigenvalue weighted by Gasteiger charge is -2.57. The van der Waals surface area contributed by atoms with Gasteiger partial charge in [0.1, 0.15) is 5.75 Å². The van der Waals surface area contributed by atoms with Crippen LogP contribution in [0.15, 0.2) is 48.5 Å². The number of ether oxygens (including phenoxy) is 3. The van der Waals surface area contributed by atoms with Gasteiger partial charge >= 0.3 is 6.48 Å².